The van der Waals surface area contributed by atoms with Crippen LogP contribution in [-0.4, -0.2) is 29.7 Å². The highest BCUT2D eigenvalue weighted by atomic mass is 16.5. The summed E-state index contributed by atoms with van der Waals surface area (Å²) in [6.45, 7) is 0.564. The zero-order valence-electron chi connectivity index (χ0n) is 11.9. The fraction of sp³-hybridized carbons (Fsp3) is 0.250. The number of hydrogen-bond acceptors (Lipinski definition) is 4. The predicted molar refractivity (Wildman–Crippen MR) is 79.2 cm³/mol. The van der Waals surface area contributed by atoms with Gasteiger partial charge in [0.05, 0.1) is 13.7 Å². The number of hydrogen-bond donors (Lipinski definition) is 2. The number of nitrogens with zero attached hydrogens (tertiary/aromatic N) is 1. The molecule has 2 rings (SSSR count). The second-order valence-electron chi connectivity index (χ2n) is 4.56. The van der Waals surface area contributed by atoms with Crippen molar-refractivity contribution in [3.8, 4) is 5.75 Å². The summed E-state index contributed by atoms with van der Waals surface area (Å²) in [5.74, 6) is 0.385. The lowest BCUT2D eigenvalue weighted by molar-refractivity contribution is 0.0949. The van der Waals surface area contributed by atoms with Crippen molar-refractivity contribution in [3.63, 3.8) is 0 Å². The molecular formula is C16H18N2O3. The molecule has 110 valence electrons. The predicted octanol–water partition coefficient (Wildman–Crippen LogP) is 1.55. The number of carbonyl (C=O) groups is 1. The molecule has 0 aliphatic carbocycles. The Balaban J connectivity index is 1.85. The van der Waals surface area contributed by atoms with Crippen molar-refractivity contribution in [2.45, 2.75) is 13.0 Å². The molecule has 0 unspecified atom stereocenters. The van der Waals surface area contributed by atoms with E-state index in [0.717, 1.165) is 17.5 Å². The van der Waals surface area contributed by atoms with Gasteiger partial charge in [0.1, 0.15) is 11.4 Å². The Kier molecular flexibility index (Phi) is 5.29. The molecule has 21 heavy (non-hydrogen) atoms. The molecule has 1 amide bonds. The van der Waals surface area contributed by atoms with Gasteiger partial charge in [-0.2, -0.15) is 0 Å². The number of benzene rings is 1. The molecule has 1 aromatic heterocycles. The third-order valence-electron chi connectivity index (χ3n) is 3.10. The molecule has 0 bridgehead atoms. The summed E-state index contributed by atoms with van der Waals surface area (Å²) in [5.41, 5.74) is 2.32. The first-order chi connectivity index (χ1) is 10.2. The van der Waals surface area contributed by atoms with Crippen LogP contribution in [0.25, 0.3) is 0 Å². The van der Waals surface area contributed by atoms with E-state index in [1.807, 2.05) is 24.3 Å². The normalized spacial score (nSPS) is 10.2. The van der Waals surface area contributed by atoms with Crippen molar-refractivity contribution in [3.05, 3.63) is 59.4 Å². The molecule has 0 spiro atoms. The molecule has 0 aliphatic heterocycles. The van der Waals surface area contributed by atoms with Gasteiger partial charge in [0.2, 0.25) is 0 Å². The molecule has 0 saturated heterocycles. The lowest BCUT2D eigenvalue weighted by Gasteiger charge is -2.06. The van der Waals surface area contributed by atoms with Gasteiger partial charge in [0.15, 0.2) is 0 Å². The highest BCUT2D eigenvalue weighted by molar-refractivity contribution is 5.92. The Morgan fingerprint density at radius 1 is 1.24 bits per heavy atom. The lowest BCUT2D eigenvalue weighted by Crippen LogP contribution is -2.26. The summed E-state index contributed by atoms with van der Waals surface area (Å²) in [6.07, 6.45) is 2.27. The molecular weight excluding hydrogens is 268 g/mol. The first-order valence-electron chi connectivity index (χ1n) is 6.70. The maximum Gasteiger partial charge on any atom is 0.270 e. The van der Waals surface area contributed by atoms with Gasteiger partial charge >= 0.3 is 0 Å². The number of amides is 1. The van der Waals surface area contributed by atoms with E-state index in [2.05, 4.69) is 10.3 Å². The average Bonchev–Trinajstić information content (AvgIpc) is 2.55. The van der Waals surface area contributed by atoms with E-state index >= 15 is 0 Å². The summed E-state index contributed by atoms with van der Waals surface area (Å²) >= 11 is 0. The van der Waals surface area contributed by atoms with Gasteiger partial charge < -0.3 is 15.2 Å². The molecule has 1 aromatic carbocycles. The average molecular weight is 286 g/mol. The van der Waals surface area contributed by atoms with Gasteiger partial charge in [-0.25, -0.2) is 0 Å². The molecule has 5 heteroatoms. The quantitative estimate of drug-likeness (QED) is 0.845. The summed E-state index contributed by atoms with van der Waals surface area (Å²) in [4.78, 5) is 16.0. The monoisotopic (exact) mass is 286 g/mol. The Hall–Kier alpha value is -2.40. The SMILES string of the molecule is COc1ccnc(C(=O)NCCc2ccc(CO)cc2)c1. The van der Waals surface area contributed by atoms with Crippen molar-refractivity contribution in [2.75, 3.05) is 13.7 Å². The van der Waals surface area contributed by atoms with Crippen LogP contribution in [-0.2, 0) is 13.0 Å². The van der Waals surface area contributed by atoms with Gasteiger partial charge in [-0.1, -0.05) is 24.3 Å². The van der Waals surface area contributed by atoms with Gasteiger partial charge in [-0.05, 0) is 23.6 Å². The van der Waals surface area contributed by atoms with Crippen molar-refractivity contribution >= 4 is 5.91 Å². The smallest absolute Gasteiger partial charge is 0.270 e. The van der Waals surface area contributed by atoms with E-state index in [9.17, 15) is 4.79 Å². The number of nitrogens with one attached hydrogen (secondary N) is 1. The van der Waals surface area contributed by atoms with Crippen LogP contribution in [0.2, 0.25) is 0 Å². The van der Waals surface area contributed by atoms with Gasteiger partial charge in [0, 0.05) is 18.8 Å². The molecule has 1 heterocycles. The minimum atomic E-state index is -0.221. The summed E-state index contributed by atoms with van der Waals surface area (Å²) < 4.78 is 5.06. The van der Waals surface area contributed by atoms with E-state index in [1.54, 1.807) is 25.4 Å². The number of pyridine rings is 1. The lowest BCUT2D eigenvalue weighted by atomic mass is 10.1. The third-order valence-corrected chi connectivity index (χ3v) is 3.10. The van der Waals surface area contributed by atoms with E-state index in [4.69, 9.17) is 9.84 Å². The number of aliphatic hydroxyl groups excluding tert-OH is 1. The van der Waals surface area contributed by atoms with Crippen LogP contribution in [0.1, 0.15) is 21.6 Å². The second kappa shape index (κ2) is 7.40. The van der Waals surface area contributed by atoms with Crippen molar-refractivity contribution in [2.24, 2.45) is 0 Å². The van der Waals surface area contributed by atoms with Crippen molar-refractivity contribution in [1.29, 1.82) is 0 Å². The maximum atomic E-state index is 11.9. The minimum absolute atomic E-state index is 0.0402. The van der Waals surface area contributed by atoms with E-state index in [1.165, 1.54) is 0 Å². The van der Waals surface area contributed by atoms with Gasteiger partial charge in [-0.15, -0.1) is 0 Å². The molecule has 2 aromatic rings. The molecule has 0 atom stereocenters. The van der Waals surface area contributed by atoms with Crippen LogP contribution in [0, 0.1) is 0 Å². The highest BCUT2D eigenvalue weighted by Gasteiger charge is 2.07. The fourth-order valence-corrected chi connectivity index (χ4v) is 1.88. The van der Waals surface area contributed by atoms with Crippen LogP contribution in [0.3, 0.4) is 0 Å². The largest absolute Gasteiger partial charge is 0.497 e. The van der Waals surface area contributed by atoms with Crippen molar-refractivity contribution in [1.82, 2.24) is 10.3 Å². The standard InChI is InChI=1S/C16H18N2O3/c1-21-14-7-9-17-15(10-14)16(20)18-8-6-12-2-4-13(11-19)5-3-12/h2-5,7,9-10,19H,6,8,11H2,1H3,(H,18,20). The number of carbonyl (C=O) groups excluding carboxylic acids is 1. The summed E-state index contributed by atoms with van der Waals surface area (Å²) in [7, 11) is 1.55. The van der Waals surface area contributed by atoms with Crippen LogP contribution in [0.15, 0.2) is 42.6 Å². The van der Waals surface area contributed by atoms with Crippen LogP contribution >= 0.6 is 0 Å². The second-order valence-corrected chi connectivity index (χ2v) is 4.56. The number of aliphatic hydroxyl groups is 1. The molecule has 0 aliphatic rings. The first kappa shape index (κ1) is 15.0. The maximum absolute atomic E-state index is 11.9. The van der Waals surface area contributed by atoms with Gasteiger partial charge in [0.25, 0.3) is 5.91 Å². The first-order valence-corrected chi connectivity index (χ1v) is 6.70. The molecule has 2 N–H and O–H groups in total. The minimum Gasteiger partial charge on any atom is -0.497 e. The van der Waals surface area contributed by atoms with Gasteiger partial charge in [-0.3, -0.25) is 9.78 Å². The van der Waals surface area contributed by atoms with E-state index in [0.29, 0.717) is 18.0 Å². The highest BCUT2D eigenvalue weighted by Crippen LogP contribution is 2.09. The number of aromatic nitrogens is 1. The summed E-state index contributed by atoms with van der Waals surface area (Å²) in [5, 5.41) is 11.8. The van der Waals surface area contributed by atoms with E-state index < -0.39 is 0 Å². The third kappa shape index (κ3) is 4.29. The van der Waals surface area contributed by atoms with E-state index in [-0.39, 0.29) is 12.5 Å². The molecule has 0 fully saturated rings. The zero-order valence-corrected chi connectivity index (χ0v) is 11.9. The number of methoxy groups -OCH3 is 1. The van der Waals surface area contributed by atoms with Crippen LogP contribution in [0.5, 0.6) is 5.75 Å². The van der Waals surface area contributed by atoms with Crippen LogP contribution < -0.4 is 10.1 Å². The number of ether oxygens (including phenoxy) is 1. The summed E-state index contributed by atoms with van der Waals surface area (Å²) in [6, 6.07) is 10.9. The zero-order chi connectivity index (χ0) is 15.1. The fourth-order valence-electron chi connectivity index (χ4n) is 1.88. The Bertz CT molecular complexity index is 597. The Morgan fingerprint density at radius 3 is 2.62 bits per heavy atom. The topological polar surface area (TPSA) is 71.5 Å². The molecule has 0 saturated carbocycles. The molecule has 5 nitrogen and oxygen atoms in total. The Labute approximate surface area is 123 Å². The van der Waals surface area contributed by atoms with Crippen molar-refractivity contribution < 1.29 is 14.6 Å². The molecule has 0 radical (unpaired) electrons. The van der Waals surface area contributed by atoms with Crippen LogP contribution in [0.4, 0.5) is 0 Å². The number of rotatable bonds is 6. The Morgan fingerprint density at radius 2 is 1.95 bits per heavy atom.